The van der Waals surface area contributed by atoms with Crippen LogP contribution in [0.2, 0.25) is 0 Å². The van der Waals surface area contributed by atoms with Crippen LogP contribution in [-0.2, 0) is 6.54 Å². The average molecular weight is 309 g/mol. The number of nitrogens with one attached hydrogen (secondary N) is 1. The second-order valence-corrected chi connectivity index (χ2v) is 4.33. The maximum absolute atomic E-state index is 10.8. The van der Waals surface area contributed by atoms with Crippen molar-refractivity contribution >= 4 is 27.3 Å². The minimum Gasteiger partial charge on any atom is -0.379 e. The van der Waals surface area contributed by atoms with Gasteiger partial charge in [0.2, 0.25) is 0 Å². The molecule has 18 heavy (non-hydrogen) atoms. The predicted octanol–water partition coefficient (Wildman–Crippen LogP) is 2.76. The van der Waals surface area contributed by atoms with Gasteiger partial charge in [-0.15, -0.1) is 0 Å². The summed E-state index contributed by atoms with van der Waals surface area (Å²) >= 11 is 3.14. The van der Waals surface area contributed by atoms with Crippen LogP contribution in [0.25, 0.3) is 0 Å². The predicted molar refractivity (Wildman–Crippen MR) is 70.2 cm³/mol. The van der Waals surface area contributed by atoms with Crippen molar-refractivity contribution in [1.82, 2.24) is 9.97 Å². The lowest BCUT2D eigenvalue weighted by molar-refractivity contribution is -0.385. The SMILES string of the molecule is O=[N+]([O-])c1cc(NCc2cnccn2)ccc1Br. The van der Waals surface area contributed by atoms with Crippen molar-refractivity contribution in [3.63, 3.8) is 0 Å². The highest BCUT2D eigenvalue weighted by atomic mass is 79.9. The molecule has 0 atom stereocenters. The molecule has 0 bridgehead atoms. The van der Waals surface area contributed by atoms with Crippen LogP contribution in [0.5, 0.6) is 0 Å². The van der Waals surface area contributed by atoms with Gasteiger partial charge in [0.15, 0.2) is 0 Å². The third-order valence-electron chi connectivity index (χ3n) is 2.23. The van der Waals surface area contributed by atoms with Crippen LogP contribution in [0, 0.1) is 10.1 Å². The lowest BCUT2D eigenvalue weighted by atomic mass is 10.3. The van der Waals surface area contributed by atoms with E-state index >= 15 is 0 Å². The number of anilines is 1. The number of hydrogen-bond acceptors (Lipinski definition) is 5. The van der Waals surface area contributed by atoms with E-state index in [1.54, 1.807) is 30.7 Å². The van der Waals surface area contributed by atoms with Crippen molar-refractivity contribution in [1.29, 1.82) is 0 Å². The Bertz CT molecular complexity index is 562. The molecule has 0 aliphatic heterocycles. The summed E-state index contributed by atoms with van der Waals surface area (Å²) in [6.07, 6.45) is 4.83. The molecule has 2 rings (SSSR count). The van der Waals surface area contributed by atoms with Gasteiger partial charge < -0.3 is 5.32 Å². The van der Waals surface area contributed by atoms with E-state index in [0.717, 1.165) is 5.69 Å². The Balaban J connectivity index is 2.11. The molecule has 1 N–H and O–H groups in total. The quantitative estimate of drug-likeness (QED) is 0.694. The highest BCUT2D eigenvalue weighted by molar-refractivity contribution is 9.10. The Kier molecular flexibility index (Phi) is 3.83. The van der Waals surface area contributed by atoms with Crippen molar-refractivity contribution in [2.24, 2.45) is 0 Å². The summed E-state index contributed by atoms with van der Waals surface area (Å²) in [5, 5.41) is 13.8. The molecule has 0 saturated heterocycles. The number of benzene rings is 1. The molecule has 92 valence electrons. The van der Waals surface area contributed by atoms with Gasteiger partial charge in [0.05, 0.1) is 27.8 Å². The Morgan fingerprint density at radius 1 is 1.39 bits per heavy atom. The number of hydrogen-bond donors (Lipinski definition) is 1. The molecule has 0 aliphatic rings. The van der Waals surface area contributed by atoms with E-state index in [2.05, 4.69) is 31.2 Å². The van der Waals surface area contributed by atoms with Gasteiger partial charge in [0, 0.05) is 24.1 Å². The molecule has 0 saturated carbocycles. The molecule has 0 radical (unpaired) electrons. The summed E-state index contributed by atoms with van der Waals surface area (Å²) in [7, 11) is 0. The van der Waals surface area contributed by atoms with Crippen LogP contribution in [0.3, 0.4) is 0 Å². The van der Waals surface area contributed by atoms with E-state index in [4.69, 9.17) is 0 Å². The van der Waals surface area contributed by atoms with Crippen LogP contribution in [0.15, 0.2) is 41.3 Å². The van der Waals surface area contributed by atoms with Crippen LogP contribution in [0.1, 0.15) is 5.69 Å². The van der Waals surface area contributed by atoms with Gasteiger partial charge in [-0.1, -0.05) is 0 Å². The van der Waals surface area contributed by atoms with Gasteiger partial charge >= 0.3 is 0 Å². The molecule has 1 aromatic carbocycles. The van der Waals surface area contributed by atoms with Crippen molar-refractivity contribution < 1.29 is 4.92 Å². The zero-order valence-corrected chi connectivity index (χ0v) is 10.8. The highest BCUT2D eigenvalue weighted by Gasteiger charge is 2.12. The van der Waals surface area contributed by atoms with E-state index in [1.165, 1.54) is 6.07 Å². The second kappa shape index (κ2) is 5.54. The molecule has 7 heteroatoms. The van der Waals surface area contributed by atoms with Crippen LogP contribution < -0.4 is 5.32 Å². The molecule has 6 nitrogen and oxygen atoms in total. The zero-order valence-electron chi connectivity index (χ0n) is 9.21. The minimum absolute atomic E-state index is 0.0270. The molecule has 0 amide bonds. The highest BCUT2D eigenvalue weighted by Crippen LogP contribution is 2.27. The summed E-state index contributed by atoms with van der Waals surface area (Å²) in [4.78, 5) is 18.4. The largest absolute Gasteiger partial charge is 0.379 e. The number of aromatic nitrogens is 2. The van der Waals surface area contributed by atoms with Crippen molar-refractivity contribution in [2.45, 2.75) is 6.54 Å². The fourth-order valence-corrected chi connectivity index (χ4v) is 1.77. The van der Waals surface area contributed by atoms with Crippen molar-refractivity contribution in [2.75, 3.05) is 5.32 Å². The summed E-state index contributed by atoms with van der Waals surface area (Å²) in [5.41, 5.74) is 1.46. The maximum atomic E-state index is 10.8. The van der Waals surface area contributed by atoms with Gasteiger partial charge in [-0.3, -0.25) is 20.1 Å². The summed E-state index contributed by atoms with van der Waals surface area (Å²) in [5.74, 6) is 0. The summed E-state index contributed by atoms with van der Waals surface area (Å²) in [6, 6.07) is 4.87. The van der Waals surface area contributed by atoms with Gasteiger partial charge in [0.25, 0.3) is 5.69 Å². The summed E-state index contributed by atoms with van der Waals surface area (Å²) in [6.45, 7) is 0.465. The lowest BCUT2D eigenvalue weighted by Gasteiger charge is -2.05. The molecular weight excluding hydrogens is 300 g/mol. The van der Waals surface area contributed by atoms with Crippen LogP contribution in [-0.4, -0.2) is 14.9 Å². The van der Waals surface area contributed by atoms with Gasteiger partial charge in [-0.05, 0) is 28.1 Å². The fraction of sp³-hybridized carbons (Fsp3) is 0.0909. The van der Waals surface area contributed by atoms with Crippen molar-refractivity contribution in [3.05, 3.63) is 57.1 Å². The van der Waals surface area contributed by atoms with Crippen LogP contribution >= 0.6 is 15.9 Å². The molecule has 0 unspecified atom stereocenters. The van der Waals surface area contributed by atoms with E-state index in [1.807, 2.05) is 0 Å². The molecule has 0 spiro atoms. The van der Waals surface area contributed by atoms with E-state index in [9.17, 15) is 10.1 Å². The molecule has 2 aromatic rings. The first-order chi connectivity index (χ1) is 8.66. The lowest BCUT2D eigenvalue weighted by Crippen LogP contribution is -2.02. The topological polar surface area (TPSA) is 81.0 Å². The molecular formula is C11H9BrN4O2. The number of rotatable bonds is 4. The normalized spacial score (nSPS) is 10.1. The first-order valence-corrected chi connectivity index (χ1v) is 5.89. The Labute approximate surface area is 111 Å². The van der Waals surface area contributed by atoms with E-state index in [-0.39, 0.29) is 5.69 Å². The monoisotopic (exact) mass is 308 g/mol. The number of nitro benzene ring substituents is 1. The summed E-state index contributed by atoms with van der Waals surface area (Å²) < 4.78 is 0.456. The number of nitrogens with zero attached hydrogens (tertiary/aromatic N) is 3. The first kappa shape index (κ1) is 12.4. The Hall–Kier alpha value is -2.02. The third kappa shape index (κ3) is 3.01. The van der Waals surface area contributed by atoms with E-state index in [0.29, 0.717) is 16.7 Å². The van der Waals surface area contributed by atoms with Crippen LogP contribution in [0.4, 0.5) is 11.4 Å². The third-order valence-corrected chi connectivity index (χ3v) is 2.90. The maximum Gasteiger partial charge on any atom is 0.285 e. The average Bonchev–Trinajstić information content (AvgIpc) is 2.38. The Morgan fingerprint density at radius 3 is 2.89 bits per heavy atom. The molecule has 0 aliphatic carbocycles. The second-order valence-electron chi connectivity index (χ2n) is 3.47. The minimum atomic E-state index is -0.433. The number of nitro groups is 1. The zero-order chi connectivity index (χ0) is 13.0. The van der Waals surface area contributed by atoms with Gasteiger partial charge in [-0.2, -0.15) is 0 Å². The van der Waals surface area contributed by atoms with Gasteiger partial charge in [0.1, 0.15) is 0 Å². The van der Waals surface area contributed by atoms with Gasteiger partial charge in [-0.25, -0.2) is 0 Å². The molecule has 1 aromatic heterocycles. The smallest absolute Gasteiger partial charge is 0.285 e. The molecule has 1 heterocycles. The standard InChI is InChI=1S/C11H9BrN4O2/c12-10-2-1-8(5-11(10)16(17)18)15-7-9-6-13-3-4-14-9/h1-6,15H,7H2. The molecule has 0 fully saturated rings. The first-order valence-electron chi connectivity index (χ1n) is 5.09. The van der Waals surface area contributed by atoms with E-state index < -0.39 is 4.92 Å². The van der Waals surface area contributed by atoms with Crippen molar-refractivity contribution in [3.8, 4) is 0 Å². The fourth-order valence-electron chi connectivity index (χ4n) is 1.38. The number of halogens is 1. The Morgan fingerprint density at radius 2 is 2.22 bits per heavy atom.